The molecule has 2 rings (SSSR count). The summed E-state index contributed by atoms with van der Waals surface area (Å²) in [6, 6.07) is 6.84. The molecule has 1 aliphatic heterocycles. The summed E-state index contributed by atoms with van der Waals surface area (Å²) < 4.78 is 32.6. The fraction of sp³-hybridized carbons (Fsp3) is 0.571. The average Bonchev–Trinajstić information content (AvgIpc) is 2.82. The summed E-state index contributed by atoms with van der Waals surface area (Å²) >= 11 is 0. The van der Waals surface area contributed by atoms with Gasteiger partial charge in [-0.1, -0.05) is 19.1 Å². The second kappa shape index (κ2) is 6.67. The Labute approximate surface area is 120 Å². The molecule has 0 amide bonds. The van der Waals surface area contributed by atoms with E-state index < -0.39 is 10.0 Å². The van der Waals surface area contributed by atoms with Crippen LogP contribution in [0.2, 0.25) is 0 Å². The van der Waals surface area contributed by atoms with Crippen LogP contribution in [0.1, 0.15) is 25.8 Å². The van der Waals surface area contributed by atoms with Gasteiger partial charge in [0.2, 0.25) is 10.0 Å². The van der Waals surface area contributed by atoms with Crippen LogP contribution in [0.4, 0.5) is 0 Å². The van der Waals surface area contributed by atoms with Gasteiger partial charge in [0.25, 0.3) is 0 Å². The maximum absolute atomic E-state index is 12.3. The van der Waals surface area contributed by atoms with E-state index in [1.165, 1.54) is 0 Å². The Balaban J connectivity index is 2.05. The minimum Gasteiger partial charge on any atom is -0.377 e. The van der Waals surface area contributed by atoms with Crippen molar-refractivity contribution < 1.29 is 13.2 Å². The molecule has 20 heavy (non-hydrogen) atoms. The lowest BCUT2D eigenvalue weighted by Crippen LogP contribution is -2.39. The van der Waals surface area contributed by atoms with E-state index in [-0.39, 0.29) is 12.1 Å². The molecule has 0 saturated carbocycles. The van der Waals surface area contributed by atoms with Crippen LogP contribution >= 0.6 is 0 Å². The third kappa shape index (κ3) is 3.79. The first-order chi connectivity index (χ1) is 9.53. The molecule has 1 heterocycles. The largest absolute Gasteiger partial charge is 0.377 e. The van der Waals surface area contributed by atoms with Crippen molar-refractivity contribution in [2.75, 3.05) is 13.2 Å². The smallest absolute Gasteiger partial charge is 0.240 e. The summed E-state index contributed by atoms with van der Waals surface area (Å²) in [4.78, 5) is 0.303. The van der Waals surface area contributed by atoms with Crippen LogP contribution in [0.3, 0.4) is 0 Å². The maximum Gasteiger partial charge on any atom is 0.240 e. The lowest BCUT2D eigenvalue weighted by Gasteiger charge is -2.16. The third-order valence-electron chi connectivity index (χ3n) is 3.50. The van der Waals surface area contributed by atoms with Gasteiger partial charge in [-0.15, -0.1) is 0 Å². The van der Waals surface area contributed by atoms with Crippen molar-refractivity contribution in [1.29, 1.82) is 0 Å². The van der Waals surface area contributed by atoms with E-state index in [1.807, 2.05) is 26.0 Å². The summed E-state index contributed by atoms with van der Waals surface area (Å²) in [6.45, 7) is 6.17. The first-order valence-corrected chi connectivity index (χ1v) is 8.45. The third-order valence-corrected chi connectivity index (χ3v) is 5.00. The van der Waals surface area contributed by atoms with Crippen molar-refractivity contribution in [3.63, 3.8) is 0 Å². The van der Waals surface area contributed by atoms with Gasteiger partial charge in [0.1, 0.15) is 0 Å². The normalized spacial score (nSPS) is 23.1. The summed E-state index contributed by atoms with van der Waals surface area (Å²) in [6.07, 6.45) is 0.650. The standard InChI is InChI=1S/C14H22N2O3S/c1-3-15-10-12-4-6-13(7-5-12)20(17,18)16-14-8-9-19-11(14)2/h4-7,11,14-16H,3,8-10H2,1-2H3. The van der Waals surface area contributed by atoms with Crippen LogP contribution in [0.15, 0.2) is 29.2 Å². The Hall–Kier alpha value is -0.950. The van der Waals surface area contributed by atoms with Gasteiger partial charge in [-0.3, -0.25) is 0 Å². The van der Waals surface area contributed by atoms with Crippen molar-refractivity contribution in [3.05, 3.63) is 29.8 Å². The van der Waals surface area contributed by atoms with E-state index >= 15 is 0 Å². The highest BCUT2D eigenvalue weighted by Gasteiger charge is 2.29. The molecular formula is C14H22N2O3S. The van der Waals surface area contributed by atoms with E-state index in [9.17, 15) is 8.42 Å². The molecule has 1 aromatic carbocycles. The molecule has 2 N–H and O–H groups in total. The van der Waals surface area contributed by atoms with Gasteiger partial charge in [-0.2, -0.15) is 0 Å². The van der Waals surface area contributed by atoms with Gasteiger partial charge in [0.05, 0.1) is 17.0 Å². The monoisotopic (exact) mass is 298 g/mol. The Kier molecular flexibility index (Phi) is 5.15. The van der Waals surface area contributed by atoms with Gasteiger partial charge in [-0.25, -0.2) is 13.1 Å². The SMILES string of the molecule is CCNCc1ccc(S(=O)(=O)NC2CCOC2C)cc1. The molecule has 1 aromatic rings. The van der Waals surface area contributed by atoms with Crippen LogP contribution in [-0.2, 0) is 21.3 Å². The van der Waals surface area contributed by atoms with E-state index in [0.717, 1.165) is 25.1 Å². The van der Waals surface area contributed by atoms with Crippen molar-refractivity contribution in [2.45, 2.75) is 43.9 Å². The van der Waals surface area contributed by atoms with E-state index in [0.29, 0.717) is 11.5 Å². The molecule has 0 aromatic heterocycles. The Morgan fingerprint density at radius 2 is 2.00 bits per heavy atom. The van der Waals surface area contributed by atoms with Gasteiger partial charge < -0.3 is 10.1 Å². The van der Waals surface area contributed by atoms with Crippen molar-refractivity contribution in [1.82, 2.24) is 10.0 Å². The van der Waals surface area contributed by atoms with E-state index in [2.05, 4.69) is 10.0 Å². The predicted octanol–water partition coefficient (Wildman–Crippen LogP) is 1.25. The molecule has 6 heteroatoms. The number of hydrogen-bond donors (Lipinski definition) is 2. The van der Waals surface area contributed by atoms with Gasteiger partial charge in [-0.05, 0) is 37.6 Å². The van der Waals surface area contributed by atoms with Crippen molar-refractivity contribution >= 4 is 10.0 Å². The number of benzene rings is 1. The highest BCUT2D eigenvalue weighted by molar-refractivity contribution is 7.89. The second-order valence-electron chi connectivity index (χ2n) is 5.02. The van der Waals surface area contributed by atoms with Crippen LogP contribution in [0, 0.1) is 0 Å². The summed E-state index contributed by atoms with van der Waals surface area (Å²) in [7, 11) is -3.46. The van der Waals surface area contributed by atoms with E-state index in [4.69, 9.17) is 4.74 Å². The second-order valence-corrected chi connectivity index (χ2v) is 6.73. The van der Waals surface area contributed by atoms with Crippen LogP contribution < -0.4 is 10.0 Å². The molecule has 1 fully saturated rings. The quantitative estimate of drug-likeness (QED) is 0.829. The van der Waals surface area contributed by atoms with Gasteiger partial charge >= 0.3 is 0 Å². The minimum absolute atomic E-state index is 0.0715. The van der Waals surface area contributed by atoms with Gasteiger partial charge in [0.15, 0.2) is 0 Å². The number of nitrogens with one attached hydrogen (secondary N) is 2. The molecule has 0 bridgehead atoms. The number of rotatable bonds is 6. The van der Waals surface area contributed by atoms with Crippen LogP contribution in [-0.4, -0.2) is 33.7 Å². The summed E-state index contributed by atoms with van der Waals surface area (Å²) in [5.41, 5.74) is 1.07. The average molecular weight is 298 g/mol. The zero-order valence-corrected chi connectivity index (χ0v) is 12.7. The molecule has 0 radical (unpaired) electrons. The molecule has 1 aliphatic rings. The first kappa shape index (κ1) is 15.4. The predicted molar refractivity (Wildman–Crippen MR) is 78.0 cm³/mol. The van der Waals surface area contributed by atoms with Crippen LogP contribution in [0.5, 0.6) is 0 Å². The summed E-state index contributed by atoms with van der Waals surface area (Å²) in [5.74, 6) is 0. The molecule has 1 saturated heterocycles. The van der Waals surface area contributed by atoms with Gasteiger partial charge in [0, 0.05) is 13.2 Å². The first-order valence-electron chi connectivity index (χ1n) is 6.96. The van der Waals surface area contributed by atoms with E-state index in [1.54, 1.807) is 12.1 Å². The number of hydrogen-bond acceptors (Lipinski definition) is 4. The summed E-state index contributed by atoms with van der Waals surface area (Å²) in [5, 5.41) is 3.21. The number of sulfonamides is 1. The fourth-order valence-electron chi connectivity index (χ4n) is 2.21. The Bertz CT molecular complexity index is 528. The molecule has 0 aliphatic carbocycles. The molecule has 5 nitrogen and oxygen atoms in total. The highest BCUT2D eigenvalue weighted by atomic mass is 32.2. The highest BCUT2D eigenvalue weighted by Crippen LogP contribution is 2.17. The minimum atomic E-state index is -3.46. The molecule has 2 atom stereocenters. The zero-order chi connectivity index (χ0) is 14.6. The maximum atomic E-state index is 12.3. The fourth-order valence-corrected chi connectivity index (χ4v) is 3.55. The Morgan fingerprint density at radius 1 is 1.30 bits per heavy atom. The Morgan fingerprint density at radius 3 is 2.55 bits per heavy atom. The lowest BCUT2D eigenvalue weighted by atomic mass is 10.2. The van der Waals surface area contributed by atoms with Crippen LogP contribution in [0.25, 0.3) is 0 Å². The topological polar surface area (TPSA) is 67.4 Å². The number of ether oxygens (including phenoxy) is 1. The molecule has 2 unspecified atom stereocenters. The molecular weight excluding hydrogens is 276 g/mol. The van der Waals surface area contributed by atoms with Crippen molar-refractivity contribution in [2.24, 2.45) is 0 Å². The lowest BCUT2D eigenvalue weighted by molar-refractivity contribution is 0.117. The molecule has 0 spiro atoms. The van der Waals surface area contributed by atoms with Crippen molar-refractivity contribution in [3.8, 4) is 0 Å². The molecule has 112 valence electrons. The zero-order valence-electron chi connectivity index (χ0n) is 11.9.